The quantitative estimate of drug-likeness (QED) is 0.886. The zero-order valence-corrected chi connectivity index (χ0v) is 16.1. The van der Waals surface area contributed by atoms with E-state index in [1.54, 1.807) is 0 Å². The lowest BCUT2D eigenvalue weighted by molar-refractivity contribution is -0.114. The number of rotatable bonds is 5. The summed E-state index contributed by atoms with van der Waals surface area (Å²) in [6.45, 7) is 7.87. The molecule has 3 rings (SSSR count). The number of piperazine rings is 1. The molecule has 142 valence electrons. The smallest absolute Gasteiger partial charge is 0.253 e. The van der Waals surface area contributed by atoms with Crippen LogP contribution >= 0.6 is 0 Å². The second kappa shape index (κ2) is 8.82. The largest absolute Gasteiger partial charge is 0.336 e. The summed E-state index contributed by atoms with van der Waals surface area (Å²) in [6.07, 6.45) is 0.965. The lowest BCUT2D eigenvalue weighted by Crippen LogP contribution is -2.49. The zero-order valence-electron chi connectivity index (χ0n) is 16.1. The van der Waals surface area contributed by atoms with Crippen molar-refractivity contribution >= 4 is 17.5 Å². The molecular formula is C22H27N3O2. The van der Waals surface area contributed by atoms with Crippen LogP contribution in [0.25, 0.3) is 0 Å². The highest BCUT2D eigenvalue weighted by Gasteiger charge is 2.21. The van der Waals surface area contributed by atoms with Crippen LogP contribution in [-0.4, -0.2) is 54.3 Å². The lowest BCUT2D eigenvalue weighted by atomic mass is 10.1. The van der Waals surface area contributed by atoms with Gasteiger partial charge in [-0.15, -0.1) is 0 Å². The molecule has 2 amide bonds. The molecule has 0 unspecified atom stereocenters. The minimum Gasteiger partial charge on any atom is -0.336 e. The molecule has 1 heterocycles. The Morgan fingerprint density at radius 3 is 2.15 bits per heavy atom. The average Bonchev–Trinajstić information content (AvgIpc) is 2.67. The monoisotopic (exact) mass is 365 g/mol. The molecule has 1 N–H and O–H groups in total. The Kier molecular flexibility index (Phi) is 6.24. The number of carbonyl (C=O) groups is 2. The number of nitrogens with one attached hydrogen (secondary N) is 1. The van der Waals surface area contributed by atoms with Crippen LogP contribution < -0.4 is 5.32 Å². The van der Waals surface area contributed by atoms with E-state index in [1.807, 2.05) is 48.2 Å². The van der Waals surface area contributed by atoms with Gasteiger partial charge in [0.15, 0.2) is 0 Å². The summed E-state index contributed by atoms with van der Waals surface area (Å²) in [4.78, 5) is 28.0. The van der Waals surface area contributed by atoms with Crippen LogP contribution in [0.1, 0.15) is 28.4 Å². The Bertz CT molecular complexity index is 776. The Labute approximate surface area is 161 Å². The molecule has 5 heteroatoms. The molecule has 2 aromatic carbocycles. The van der Waals surface area contributed by atoms with E-state index in [2.05, 4.69) is 22.3 Å². The highest BCUT2D eigenvalue weighted by Crippen LogP contribution is 2.13. The van der Waals surface area contributed by atoms with Crippen LogP contribution in [0.5, 0.6) is 0 Å². The normalized spacial score (nSPS) is 14.8. The van der Waals surface area contributed by atoms with Crippen molar-refractivity contribution in [3.05, 3.63) is 65.2 Å². The van der Waals surface area contributed by atoms with Crippen molar-refractivity contribution in [2.45, 2.75) is 20.3 Å². The summed E-state index contributed by atoms with van der Waals surface area (Å²) in [6, 6.07) is 15.8. The Morgan fingerprint density at radius 1 is 0.926 bits per heavy atom. The van der Waals surface area contributed by atoms with Gasteiger partial charge in [-0.25, -0.2) is 0 Å². The van der Waals surface area contributed by atoms with Crippen LogP contribution in [0, 0.1) is 6.92 Å². The van der Waals surface area contributed by atoms with E-state index in [9.17, 15) is 9.59 Å². The average molecular weight is 365 g/mol. The van der Waals surface area contributed by atoms with E-state index in [-0.39, 0.29) is 11.8 Å². The van der Waals surface area contributed by atoms with Crippen molar-refractivity contribution in [3.8, 4) is 0 Å². The minimum atomic E-state index is -0.0548. The van der Waals surface area contributed by atoms with Gasteiger partial charge in [0.1, 0.15) is 0 Å². The molecule has 1 fully saturated rings. The van der Waals surface area contributed by atoms with E-state index in [0.29, 0.717) is 0 Å². The Hall–Kier alpha value is -2.66. The summed E-state index contributed by atoms with van der Waals surface area (Å²) in [7, 11) is 0. The standard InChI is InChI=1S/C22H27N3O2/c1-17-3-7-20(8-4-17)22(27)25-15-13-24(14-16-25)12-11-19-5-9-21(10-6-19)23-18(2)26/h3-10H,11-16H2,1-2H3,(H,23,26). The summed E-state index contributed by atoms with van der Waals surface area (Å²) >= 11 is 0. The first kappa shape index (κ1) is 19.1. The van der Waals surface area contributed by atoms with Crippen molar-refractivity contribution in [2.75, 3.05) is 38.0 Å². The number of anilines is 1. The third-order valence-electron chi connectivity index (χ3n) is 4.95. The van der Waals surface area contributed by atoms with Crippen molar-refractivity contribution in [1.29, 1.82) is 0 Å². The highest BCUT2D eigenvalue weighted by molar-refractivity contribution is 5.94. The lowest BCUT2D eigenvalue weighted by Gasteiger charge is -2.34. The van der Waals surface area contributed by atoms with Gasteiger partial charge in [0, 0.05) is 50.9 Å². The van der Waals surface area contributed by atoms with Gasteiger partial charge in [-0.1, -0.05) is 29.8 Å². The predicted octanol–water partition coefficient (Wildman–Crippen LogP) is 2.95. The van der Waals surface area contributed by atoms with Crippen LogP contribution in [0.3, 0.4) is 0 Å². The van der Waals surface area contributed by atoms with Gasteiger partial charge in [0.05, 0.1) is 0 Å². The number of nitrogens with zero attached hydrogens (tertiary/aromatic N) is 2. The van der Waals surface area contributed by atoms with Crippen molar-refractivity contribution in [2.24, 2.45) is 0 Å². The molecule has 5 nitrogen and oxygen atoms in total. The van der Waals surface area contributed by atoms with Crippen LogP contribution in [0.4, 0.5) is 5.69 Å². The maximum atomic E-state index is 12.6. The Morgan fingerprint density at radius 2 is 1.56 bits per heavy atom. The summed E-state index contributed by atoms with van der Waals surface area (Å²) < 4.78 is 0. The van der Waals surface area contributed by atoms with Crippen molar-refractivity contribution < 1.29 is 9.59 Å². The molecule has 27 heavy (non-hydrogen) atoms. The summed E-state index contributed by atoms with van der Waals surface area (Å²) in [5.74, 6) is 0.0732. The first-order valence-electron chi connectivity index (χ1n) is 9.46. The van der Waals surface area contributed by atoms with E-state index < -0.39 is 0 Å². The molecular weight excluding hydrogens is 338 g/mol. The summed E-state index contributed by atoms with van der Waals surface area (Å²) in [5.41, 5.74) is 4.02. The van der Waals surface area contributed by atoms with E-state index in [0.717, 1.165) is 50.4 Å². The maximum Gasteiger partial charge on any atom is 0.253 e. The molecule has 0 aromatic heterocycles. The van der Waals surface area contributed by atoms with E-state index >= 15 is 0 Å². The molecule has 1 aliphatic rings. The van der Waals surface area contributed by atoms with Gasteiger partial charge in [-0.2, -0.15) is 0 Å². The molecule has 1 aliphatic heterocycles. The number of hydrogen-bond acceptors (Lipinski definition) is 3. The number of hydrogen-bond donors (Lipinski definition) is 1. The molecule has 2 aromatic rings. The predicted molar refractivity (Wildman–Crippen MR) is 108 cm³/mol. The van der Waals surface area contributed by atoms with E-state index in [4.69, 9.17) is 0 Å². The zero-order chi connectivity index (χ0) is 19.2. The van der Waals surface area contributed by atoms with Gasteiger partial charge in [0.25, 0.3) is 5.91 Å². The fourth-order valence-electron chi connectivity index (χ4n) is 3.30. The van der Waals surface area contributed by atoms with Gasteiger partial charge in [-0.3, -0.25) is 14.5 Å². The first-order valence-corrected chi connectivity index (χ1v) is 9.46. The number of carbonyl (C=O) groups excluding carboxylic acids is 2. The fraction of sp³-hybridized carbons (Fsp3) is 0.364. The van der Waals surface area contributed by atoms with Crippen LogP contribution in [0.2, 0.25) is 0 Å². The van der Waals surface area contributed by atoms with Gasteiger partial charge < -0.3 is 10.2 Å². The third kappa shape index (κ3) is 5.41. The molecule has 1 saturated heterocycles. The molecule has 0 aliphatic carbocycles. The molecule has 0 atom stereocenters. The van der Waals surface area contributed by atoms with Crippen LogP contribution in [-0.2, 0) is 11.2 Å². The fourth-order valence-corrected chi connectivity index (χ4v) is 3.30. The second-order valence-electron chi connectivity index (χ2n) is 7.13. The SMILES string of the molecule is CC(=O)Nc1ccc(CCN2CCN(C(=O)c3ccc(C)cc3)CC2)cc1. The third-order valence-corrected chi connectivity index (χ3v) is 4.95. The van der Waals surface area contributed by atoms with Gasteiger partial charge in [0.2, 0.25) is 5.91 Å². The van der Waals surface area contributed by atoms with Crippen LogP contribution in [0.15, 0.2) is 48.5 Å². The number of amides is 2. The summed E-state index contributed by atoms with van der Waals surface area (Å²) in [5, 5.41) is 2.78. The second-order valence-corrected chi connectivity index (χ2v) is 7.13. The van der Waals surface area contributed by atoms with Crippen molar-refractivity contribution in [1.82, 2.24) is 9.80 Å². The minimum absolute atomic E-state index is 0.0548. The Balaban J connectivity index is 1.44. The number of aryl methyl sites for hydroxylation is 1. The first-order chi connectivity index (χ1) is 13.0. The van der Waals surface area contributed by atoms with Gasteiger partial charge in [-0.05, 0) is 43.2 Å². The molecule has 0 spiro atoms. The maximum absolute atomic E-state index is 12.6. The topological polar surface area (TPSA) is 52.7 Å². The molecule has 0 saturated carbocycles. The molecule has 0 radical (unpaired) electrons. The number of benzene rings is 2. The highest BCUT2D eigenvalue weighted by atomic mass is 16.2. The van der Waals surface area contributed by atoms with Gasteiger partial charge >= 0.3 is 0 Å². The van der Waals surface area contributed by atoms with E-state index in [1.165, 1.54) is 18.1 Å². The molecule has 0 bridgehead atoms. The van der Waals surface area contributed by atoms with Crippen molar-refractivity contribution in [3.63, 3.8) is 0 Å².